The van der Waals surface area contributed by atoms with Crippen LogP contribution in [0.2, 0.25) is 0 Å². The SMILES string of the molecule is CCCNC(CCN1CCSC(C)C1)c1ccccc1Br. The van der Waals surface area contributed by atoms with Crippen LogP contribution in [0.4, 0.5) is 0 Å². The van der Waals surface area contributed by atoms with Crippen LogP contribution < -0.4 is 5.32 Å². The zero-order valence-electron chi connectivity index (χ0n) is 13.1. The largest absolute Gasteiger partial charge is 0.310 e. The number of halogens is 1. The molecule has 4 heteroatoms. The predicted octanol–water partition coefficient (Wildman–Crippen LogP) is 4.32. The summed E-state index contributed by atoms with van der Waals surface area (Å²) in [5, 5.41) is 4.50. The second-order valence-corrected chi connectivity index (χ2v) is 8.20. The number of rotatable bonds is 7. The number of nitrogens with one attached hydrogen (secondary N) is 1. The lowest BCUT2D eigenvalue weighted by Crippen LogP contribution is -2.38. The molecular weight excluding hydrogens is 344 g/mol. The van der Waals surface area contributed by atoms with Gasteiger partial charge in [0, 0.05) is 41.2 Å². The molecule has 1 saturated heterocycles. The summed E-state index contributed by atoms with van der Waals surface area (Å²) >= 11 is 5.81. The van der Waals surface area contributed by atoms with Crippen LogP contribution in [-0.4, -0.2) is 42.1 Å². The minimum atomic E-state index is 0.449. The molecule has 0 aliphatic carbocycles. The Balaban J connectivity index is 1.94. The molecule has 1 fully saturated rings. The average Bonchev–Trinajstić information content (AvgIpc) is 2.48. The Morgan fingerprint density at radius 2 is 2.24 bits per heavy atom. The van der Waals surface area contributed by atoms with E-state index >= 15 is 0 Å². The van der Waals surface area contributed by atoms with Crippen LogP contribution in [0, 0.1) is 0 Å². The van der Waals surface area contributed by atoms with Crippen molar-refractivity contribution in [2.24, 2.45) is 0 Å². The molecule has 118 valence electrons. The molecule has 0 radical (unpaired) electrons. The van der Waals surface area contributed by atoms with Gasteiger partial charge in [0.1, 0.15) is 0 Å². The van der Waals surface area contributed by atoms with E-state index in [1.165, 1.54) is 48.3 Å². The van der Waals surface area contributed by atoms with E-state index in [0.29, 0.717) is 6.04 Å². The van der Waals surface area contributed by atoms with E-state index in [1.54, 1.807) is 0 Å². The number of nitrogens with zero attached hydrogens (tertiary/aromatic N) is 1. The molecule has 2 atom stereocenters. The maximum Gasteiger partial charge on any atom is 0.0343 e. The van der Waals surface area contributed by atoms with E-state index in [-0.39, 0.29) is 0 Å². The van der Waals surface area contributed by atoms with E-state index in [2.05, 4.69) is 76.0 Å². The number of thioether (sulfide) groups is 1. The summed E-state index contributed by atoms with van der Waals surface area (Å²) in [6, 6.07) is 9.07. The minimum absolute atomic E-state index is 0.449. The van der Waals surface area contributed by atoms with Crippen LogP contribution in [0.5, 0.6) is 0 Å². The van der Waals surface area contributed by atoms with Crippen molar-refractivity contribution in [3.05, 3.63) is 34.3 Å². The van der Waals surface area contributed by atoms with E-state index in [9.17, 15) is 0 Å². The van der Waals surface area contributed by atoms with Crippen molar-refractivity contribution in [3.63, 3.8) is 0 Å². The fourth-order valence-corrected chi connectivity index (χ4v) is 4.49. The third-order valence-electron chi connectivity index (χ3n) is 3.98. The van der Waals surface area contributed by atoms with Crippen LogP contribution >= 0.6 is 27.7 Å². The van der Waals surface area contributed by atoms with Crippen molar-refractivity contribution in [2.75, 3.05) is 31.9 Å². The quantitative estimate of drug-likeness (QED) is 0.769. The molecule has 2 unspecified atom stereocenters. The third kappa shape index (κ3) is 5.59. The highest BCUT2D eigenvalue weighted by Crippen LogP contribution is 2.26. The van der Waals surface area contributed by atoms with Gasteiger partial charge >= 0.3 is 0 Å². The molecule has 0 spiro atoms. The fourth-order valence-electron chi connectivity index (χ4n) is 2.85. The molecule has 1 aliphatic heterocycles. The minimum Gasteiger partial charge on any atom is -0.310 e. The Labute approximate surface area is 142 Å². The lowest BCUT2D eigenvalue weighted by Gasteiger charge is -2.32. The molecule has 0 saturated carbocycles. The first-order chi connectivity index (χ1) is 10.2. The average molecular weight is 371 g/mol. The van der Waals surface area contributed by atoms with Crippen molar-refractivity contribution in [1.29, 1.82) is 0 Å². The van der Waals surface area contributed by atoms with Gasteiger partial charge in [0.25, 0.3) is 0 Å². The monoisotopic (exact) mass is 370 g/mol. The van der Waals surface area contributed by atoms with Gasteiger partial charge in [-0.15, -0.1) is 0 Å². The highest BCUT2D eigenvalue weighted by Gasteiger charge is 2.19. The summed E-state index contributed by atoms with van der Waals surface area (Å²) in [6.45, 7) is 9.32. The second kappa shape index (κ2) is 9.19. The van der Waals surface area contributed by atoms with Crippen LogP contribution in [0.15, 0.2) is 28.7 Å². The molecule has 0 bridgehead atoms. The van der Waals surface area contributed by atoms with Gasteiger partial charge in [-0.05, 0) is 31.0 Å². The third-order valence-corrected chi connectivity index (χ3v) is 5.84. The van der Waals surface area contributed by atoms with E-state index in [4.69, 9.17) is 0 Å². The Kier molecular flexibility index (Phi) is 7.58. The van der Waals surface area contributed by atoms with E-state index in [0.717, 1.165) is 11.8 Å². The first kappa shape index (κ1) is 17.3. The first-order valence-electron chi connectivity index (χ1n) is 8.02. The zero-order valence-corrected chi connectivity index (χ0v) is 15.5. The summed E-state index contributed by atoms with van der Waals surface area (Å²) in [6.07, 6.45) is 2.36. The molecule has 0 amide bonds. The Morgan fingerprint density at radius 3 is 2.95 bits per heavy atom. The van der Waals surface area contributed by atoms with Crippen molar-refractivity contribution >= 4 is 27.7 Å². The fraction of sp³-hybridized carbons (Fsp3) is 0.647. The van der Waals surface area contributed by atoms with Gasteiger partial charge in [-0.25, -0.2) is 0 Å². The lowest BCUT2D eigenvalue weighted by atomic mass is 10.0. The van der Waals surface area contributed by atoms with Crippen LogP contribution in [-0.2, 0) is 0 Å². The molecule has 21 heavy (non-hydrogen) atoms. The zero-order chi connectivity index (χ0) is 15.1. The van der Waals surface area contributed by atoms with Gasteiger partial charge in [-0.2, -0.15) is 11.8 Å². The van der Waals surface area contributed by atoms with Crippen molar-refractivity contribution in [3.8, 4) is 0 Å². The molecular formula is C17H27BrN2S. The molecule has 1 aliphatic rings. The van der Waals surface area contributed by atoms with Crippen molar-refractivity contribution in [1.82, 2.24) is 10.2 Å². The van der Waals surface area contributed by atoms with E-state index in [1.807, 2.05) is 0 Å². The number of hydrogen-bond acceptors (Lipinski definition) is 3. The Bertz CT molecular complexity index is 427. The van der Waals surface area contributed by atoms with Crippen molar-refractivity contribution < 1.29 is 0 Å². The molecule has 1 aromatic rings. The summed E-state index contributed by atoms with van der Waals surface area (Å²) in [5.41, 5.74) is 1.39. The molecule has 0 aromatic heterocycles. The Hall–Kier alpha value is -0.0300. The number of hydrogen-bond donors (Lipinski definition) is 1. The highest BCUT2D eigenvalue weighted by molar-refractivity contribution is 9.10. The Morgan fingerprint density at radius 1 is 1.43 bits per heavy atom. The summed E-state index contributed by atoms with van der Waals surface area (Å²) in [4.78, 5) is 2.62. The van der Waals surface area contributed by atoms with Crippen LogP contribution in [0.1, 0.15) is 38.3 Å². The van der Waals surface area contributed by atoms with Gasteiger partial charge in [-0.3, -0.25) is 0 Å². The van der Waals surface area contributed by atoms with Crippen molar-refractivity contribution in [2.45, 2.75) is 38.0 Å². The maximum atomic E-state index is 3.72. The molecule has 1 aromatic carbocycles. The molecule has 2 nitrogen and oxygen atoms in total. The van der Waals surface area contributed by atoms with Gasteiger partial charge in [0.2, 0.25) is 0 Å². The maximum absolute atomic E-state index is 3.72. The smallest absolute Gasteiger partial charge is 0.0343 e. The van der Waals surface area contributed by atoms with Crippen LogP contribution in [0.25, 0.3) is 0 Å². The normalized spacial score (nSPS) is 21.4. The summed E-state index contributed by atoms with van der Waals surface area (Å²) in [5.74, 6) is 1.28. The number of benzene rings is 1. The van der Waals surface area contributed by atoms with Gasteiger partial charge in [0.05, 0.1) is 0 Å². The summed E-state index contributed by atoms with van der Waals surface area (Å²) < 4.78 is 1.22. The lowest BCUT2D eigenvalue weighted by molar-refractivity contribution is 0.267. The van der Waals surface area contributed by atoms with E-state index < -0.39 is 0 Å². The van der Waals surface area contributed by atoms with Gasteiger partial charge < -0.3 is 10.2 Å². The topological polar surface area (TPSA) is 15.3 Å². The van der Waals surface area contributed by atoms with Crippen LogP contribution in [0.3, 0.4) is 0 Å². The highest BCUT2D eigenvalue weighted by atomic mass is 79.9. The predicted molar refractivity (Wildman–Crippen MR) is 98.2 cm³/mol. The van der Waals surface area contributed by atoms with Gasteiger partial charge in [-0.1, -0.05) is 48.0 Å². The first-order valence-corrected chi connectivity index (χ1v) is 9.86. The summed E-state index contributed by atoms with van der Waals surface area (Å²) in [7, 11) is 0. The standard InChI is InChI=1S/C17H27BrN2S/c1-3-9-19-17(15-6-4-5-7-16(15)18)8-10-20-11-12-21-14(2)13-20/h4-7,14,17,19H,3,8-13H2,1-2H3. The second-order valence-electron chi connectivity index (χ2n) is 5.80. The molecule has 2 rings (SSSR count). The molecule has 1 heterocycles. The molecule has 1 N–H and O–H groups in total. The van der Waals surface area contributed by atoms with Gasteiger partial charge in [0.15, 0.2) is 0 Å².